The Hall–Kier alpha value is -3.52. The minimum atomic E-state index is -0.106. The van der Waals surface area contributed by atoms with E-state index in [1.54, 1.807) is 18.0 Å². The van der Waals surface area contributed by atoms with Crippen LogP contribution in [0, 0.1) is 6.92 Å². The lowest BCUT2D eigenvalue weighted by molar-refractivity contribution is -0.115. The van der Waals surface area contributed by atoms with Crippen LogP contribution in [0.1, 0.15) is 32.0 Å². The second-order valence-electron chi connectivity index (χ2n) is 8.76. The van der Waals surface area contributed by atoms with Crippen LogP contribution in [0.3, 0.4) is 0 Å². The first-order chi connectivity index (χ1) is 15.8. The number of aromatic amines is 1. The van der Waals surface area contributed by atoms with Gasteiger partial charge in [0.2, 0.25) is 11.7 Å². The molecular weight excluding hydrogens is 432 g/mol. The number of amides is 1. The van der Waals surface area contributed by atoms with E-state index in [-0.39, 0.29) is 17.1 Å². The van der Waals surface area contributed by atoms with E-state index in [9.17, 15) is 4.79 Å². The molecule has 0 unspecified atom stereocenters. The van der Waals surface area contributed by atoms with Crippen molar-refractivity contribution in [3.05, 3.63) is 72.1 Å². The summed E-state index contributed by atoms with van der Waals surface area (Å²) in [6, 6.07) is 17.9. The molecule has 0 radical (unpaired) electrons. The number of aryl methyl sites for hydroxylation is 1. The maximum atomic E-state index is 12.9. The fourth-order valence-corrected chi connectivity index (χ4v) is 4.40. The number of aromatic nitrogens is 5. The van der Waals surface area contributed by atoms with Crippen LogP contribution in [0.15, 0.2) is 65.7 Å². The Balaban J connectivity index is 1.68. The van der Waals surface area contributed by atoms with Crippen molar-refractivity contribution >= 4 is 23.4 Å². The third-order valence-corrected chi connectivity index (χ3v) is 6.00. The van der Waals surface area contributed by atoms with Crippen LogP contribution in [0.2, 0.25) is 0 Å². The van der Waals surface area contributed by atoms with E-state index in [1.807, 2.05) is 49.4 Å². The molecule has 0 fully saturated rings. The molecule has 2 aromatic carbocycles. The van der Waals surface area contributed by atoms with E-state index in [1.165, 1.54) is 0 Å². The fraction of sp³-hybridized carbons (Fsp3) is 0.240. The molecule has 168 valence electrons. The minimum absolute atomic E-state index is 0.0119. The van der Waals surface area contributed by atoms with Crippen molar-refractivity contribution < 1.29 is 4.79 Å². The number of carbonyl (C=O) groups is 1. The van der Waals surface area contributed by atoms with Crippen molar-refractivity contribution in [2.75, 3.05) is 5.32 Å². The average molecular weight is 459 g/mol. The molecule has 8 heteroatoms. The van der Waals surface area contributed by atoms with Crippen LogP contribution in [-0.2, 0) is 11.2 Å². The standard InChI is InChI=1S/C25H26N6OS/c1-16-9-11-18(26-15-16)14-23(32)27-21-13-17(10-12-22(21)33-25(2,3)4)19-7-5-6-8-20(19)24-28-30-31-29-24/h5-13,15H,14H2,1-4H3,(H,27,32)(H,28,29,30,31). The maximum Gasteiger partial charge on any atom is 0.230 e. The van der Waals surface area contributed by atoms with Crippen molar-refractivity contribution in [3.8, 4) is 22.5 Å². The zero-order valence-corrected chi connectivity index (χ0v) is 19.9. The van der Waals surface area contributed by atoms with Crippen LogP contribution in [0.5, 0.6) is 0 Å². The fourth-order valence-electron chi connectivity index (χ4n) is 3.38. The van der Waals surface area contributed by atoms with Gasteiger partial charge in [-0.15, -0.1) is 22.0 Å². The number of hydrogen-bond acceptors (Lipinski definition) is 6. The Bertz CT molecular complexity index is 1250. The third-order valence-electron chi connectivity index (χ3n) is 4.81. The van der Waals surface area contributed by atoms with Gasteiger partial charge in [0.05, 0.1) is 12.1 Å². The van der Waals surface area contributed by atoms with Gasteiger partial charge in [-0.05, 0) is 47.0 Å². The highest BCUT2D eigenvalue weighted by atomic mass is 32.2. The van der Waals surface area contributed by atoms with Gasteiger partial charge in [0.15, 0.2) is 0 Å². The molecule has 2 aromatic heterocycles. The summed E-state index contributed by atoms with van der Waals surface area (Å²) in [6.45, 7) is 8.43. The summed E-state index contributed by atoms with van der Waals surface area (Å²) in [5.74, 6) is 0.417. The smallest absolute Gasteiger partial charge is 0.230 e. The Morgan fingerprint density at radius 1 is 1.06 bits per heavy atom. The number of carbonyl (C=O) groups excluding carboxylic acids is 1. The highest BCUT2D eigenvalue weighted by Crippen LogP contribution is 2.40. The van der Waals surface area contributed by atoms with Gasteiger partial charge in [-0.2, -0.15) is 5.21 Å². The molecule has 0 atom stereocenters. The predicted octanol–water partition coefficient (Wildman–Crippen LogP) is 5.31. The van der Waals surface area contributed by atoms with E-state index < -0.39 is 0 Å². The van der Waals surface area contributed by atoms with Crippen LogP contribution < -0.4 is 5.32 Å². The van der Waals surface area contributed by atoms with Crippen LogP contribution in [0.4, 0.5) is 5.69 Å². The second-order valence-corrected chi connectivity index (χ2v) is 10.6. The van der Waals surface area contributed by atoms with Crippen molar-refractivity contribution in [2.24, 2.45) is 0 Å². The summed E-state index contributed by atoms with van der Waals surface area (Å²) < 4.78 is -0.0119. The second kappa shape index (κ2) is 9.54. The maximum absolute atomic E-state index is 12.9. The molecular formula is C25H26N6OS. The van der Waals surface area contributed by atoms with Crippen LogP contribution in [-0.4, -0.2) is 36.3 Å². The normalized spacial score (nSPS) is 11.4. The van der Waals surface area contributed by atoms with Crippen LogP contribution >= 0.6 is 11.8 Å². The lowest BCUT2D eigenvalue weighted by Crippen LogP contribution is -2.16. The summed E-state index contributed by atoms with van der Waals surface area (Å²) in [5, 5.41) is 17.6. The topological polar surface area (TPSA) is 96.5 Å². The summed E-state index contributed by atoms with van der Waals surface area (Å²) in [4.78, 5) is 18.3. The molecule has 0 saturated heterocycles. The number of anilines is 1. The van der Waals surface area contributed by atoms with Crippen molar-refractivity contribution in [3.63, 3.8) is 0 Å². The van der Waals surface area contributed by atoms with E-state index in [0.29, 0.717) is 5.82 Å². The van der Waals surface area contributed by atoms with Gasteiger partial charge in [-0.25, -0.2) is 0 Å². The molecule has 7 nitrogen and oxygen atoms in total. The van der Waals surface area contributed by atoms with Gasteiger partial charge in [0, 0.05) is 27.1 Å². The first kappa shape index (κ1) is 22.7. The predicted molar refractivity (Wildman–Crippen MR) is 132 cm³/mol. The molecule has 4 aromatic rings. The molecule has 2 heterocycles. The average Bonchev–Trinajstić information content (AvgIpc) is 3.30. The van der Waals surface area contributed by atoms with Crippen molar-refractivity contribution in [1.82, 2.24) is 25.6 Å². The summed E-state index contributed by atoms with van der Waals surface area (Å²) in [5.41, 5.74) is 5.35. The van der Waals surface area contributed by atoms with Gasteiger partial charge in [0.1, 0.15) is 0 Å². The lowest BCUT2D eigenvalue weighted by atomic mass is 9.99. The first-order valence-electron chi connectivity index (χ1n) is 10.7. The van der Waals surface area contributed by atoms with Gasteiger partial charge >= 0.3 is 0 Å². The number of tetrazole rings is 1. The lowest BCUT2D eigenvalue weighted by Gasteiger charge is -2.21. The number of H-pyrrole nitrogens is 1. The van der Waals surface area contributed by atoms with Crippen LogP contribution in [0.25, 0.3) is 22.5 Å². The molecule has 2 N–H and O–H groups in total. The molecule has 0 spiro atoms. The van der Waals surface area contributed by atoms with Crippen molar-refractivity contribution in [1.29, 1.82) is 0 Å². The molecule has 0 bridgehead atoms. The number of pyridine rings is 1. The number of rotatable bonds is 6. The first-order valence-corrected chi connectivity index (χ1v) is 11.5. The monoisotopic (exact) mass is 458 g/mol. The highest BCUT2D eigenvalue weighted by Gasteiger charge is 2.18. The van der Waals surface area contributed by atoms with E-state index in [4.69, 9.17) is 0 Å². The largest absolute Gasteiger partial charge is 0.325 e. The van der Waals surface area contributed by atoms with Crippen molar-refractivity contribution in [2.45, 2.75) is 43.8 Å². The van der Waals surface area contributed by atoms with E-state index in [2.05, 4.69) is 63.8 Å². The van der Waals surface area contributed by atoms with E-state index in [0.717, 1.165) is 38.5 Å². The minimum Gasteiger partial charge on any atom is -0.325 e. The molecule has 1 amide bonds. The zero-order valence-electron chi connectivity index (χ0n) is 19.1. The number of thioether (sulfide) groups is 1. The molecule has 4 rings (SSSR count). The number of hydrogen-bond donors (Lipinski definition) is 2. The molecule has 0 aliphatic heterocycles. The SMILES string of the molecule is Cc1ccc(CC(=O)Nc2cc(-c3ccccc3-c3nn[nH]n3)ccc2SC(C)(C)C)nc1. The molecule has 0 aliphatic rings. The number of nitrogens with one attached hydrogen (secondary N) is 2. The Labute approximate surface area is 197 Å². The Morgan fingerprint density at radius 3 is 2.52 bits per heavy atom. The van der Waals surface area contributed by atoms with Gasteiger partial charge in [0.25, 0.3) is 0 Å². The third kappa shape index (κ3) is 5.84. The summed E-state index contributed by atoms with van der Waals surface area (Å²) in [7, 11) is 0. The number of benzene rings is 2. The molecule has 33 heavy (non-hydrogen) atoms. The van der Waals surface area contributed by atoms with Gasteiger partial charge in [-0.1, -0.05) is 57.2 Å². The number of nitrogens with zero attached hydrogens (tertiary/aromatic N) is 4. The highest BCUT2D eigenvalue weighted by molar-refractivity contribution is 8.00. The Kier molecular flexibility index (Phi) is 6.55. The van der Waals surface area contributed by atoms with Gasteiger partial charge < -0.3 is 5.32 Å². The van der Waals surface area contributed by atoms with Gasteiger partial charge in [-0.3, -0.25) is 9.78 Å². The summed E-state index contributed by atoms with van der Waals surface area (Å²) >= 11 is 1.71. The molecule has 0 saturated carbocycles. The zero-order chi connectivity index (χ0) is 23.4. The van der Waals surface area contributed by atoms with E-state index >= 15 is 0 Å². The Morgan fingerprint density at radius 2 is 1.85 bits per heavy atom. The quantitative estimate of drug-likeness (QED) is 0.380. The summed E-state index contributed by atoms with van der Waals surface area (Å²) in [6.07, 6.45) is 1.99. The molecule has 0 aliphatic carbocycles.